The molecule has 0 unspecified atom stereocenters. The van der Waals surface area contributed by atoms with E-state index < -0.39 is 29.4 Å². The number of hydrogen-bond donors (Lipinski definition) is 3. The molecule has 1 aliphatic carbocycles. The molecule has 0 saturated carbocycles. The monoisotopic (exact) mass is 357 g/mol. The first-order chi connectivity index (χ1) is 11.4. The second-order valence-corrected chi connectivity index (χ2v) is 7.96. The van der Waals surface area contributed by atoms with Crippen LogP contribution >= 0.6 is 0 Å². The van der Waals surface area contributed by atoms with E-state index in [-0.39, 0.29) is 6.04 Å². The lowest BCUT2D eigenvalue weighted by atomic mass is 9.94. The summed E-state index contributed by atoms with van der Waals surface area (Å²) in [5, 5.41) is 5.59. The van der Waals surface area contributed by atoms with Crippen molar-refractivity contribution in [2.24, 2.45) is 0 Å². The van der Waals surface area contributed by atoms with E-state index in [0.717, 1.165) is 5.70 Å². The van der Waals surface area contributed by atoms with E-state index in [9.17, 15) is 9.59 Å². The molecule has 0 aromatic heterocycles. The molecule has 1 rings (SSSR count). The molecule has 0 radical (unpaired) electrons. The Hall–Kier alpha value is -1.96. The molecule has 2 amide bonds. The van der Waals surface area contributed by atoms with Crippen molar-refractivity contribution < 1.29 is 23.9 Å². The minimum absolute atomic E-state index is 0.315. The number of allylic oxidation sites excluding steroid dienone is 1. The van der Waals surface area contributed by atoms with Gasteiger partial charge in [0.05, 0.1) is 19.2 Å². The van der Waals surface area contributed by atoms with E-state index in [1.807, 2.05) is 0 Å². The first-order valence-electron chi connectivity index (χ1n) is 8.38. The Labute approximate surface area is 149 Å². The summed E-state index contributed by atoms with van der Waals surface area (Å²) < 4.78 is 10.6. The number of amides is 2. The van der Waals surface area contributed by atoms with Crippen LogP contribution < -0.4 is 16.1 Å². The summed E-state index contributed by atoms with van der Waals surface area (Å²) in [5.74, 6) is 0. The summed E-state index contributed by atoms with van der Waals surface area (Å²) in [7, 11) is 1.52. The molecule has 0 aromatic rings. The van der Waals surface area contributed by atoms with E-state index in [1.165, 1.54) is 7.11 Å². The van der Waals surface area contributed by atoms with Crippen LogP contribution in [0.4, 0.5) is 9.59 Å². The molecule has 3 N–H and O–H groups in total. The third-order valence-electron chi connectivity index (χ3n) is 3.16. The summed E-state index contributed by atoms with van der Waals surface area (Å²) in [6.07, 6.45) is 2.01. The van der Waals surface area contributed by atoms with Gasteiger partial charge in [-0.15, -0.1) is 0 Å². The summed E-state index contributed by atoms with van der Waals surface area (Å²) in [6, 6.07) is -0.765. The second-order valence-electron chi connectivity index (χ2n) is 7.96. The van der Waals surface area contributed by atoms with Crippen LogP contribution in [-0.2, 0) is 14.3 Å². The second kappa shape index (κ2) is 8.42. The number of carbonyl (C=O) groups excluding carboxylic acids is 2. The maximum absolute atomic E-state index is 12.1. The molecule has 8 nitrogen and oxygen atoms in total. The van der Waals surface area contributed by atoms with E-state index in [4.69, 9.17) is 14.3 Å². The van der Waals surface area contributed by atoms with E-state index in [1.54, 1.807) is 47.6 Å². The van der Waals surface area contributed by atoms with Gasteiger partial charge < -0.3 is 20.1 Å². The van der Waals surface area contributed by atoms with Crippen molar-refractivity contribution in [2.75, 3.05) is 7.11 Å². The fraction of sp³-hybridized carbons (Fsp3) is 0.765. The van der Waals surface area contributed by atoms with Gasteiger partial charge in [-0.25, -0.2) is 9.59 Å². The molecule has 8 heteroatoms. The first-order valence-corrected chi connectivity index (χ1v) is 8.38. The number of hydrogen-bond acceptors (Lipinski definition) is 6. The summed E-state index contributed by atoms with van der Waals surface area (Å²) in [4.78, 5) is 29.1. The topological polar surface area (TPSA) is 97.9 Å². The van der Waals surface area contributed by atoms with Gasteiger partial charge in [0.2, 0.25) is 0 Å². The van der Waals surface area contributed by atoms with Crippen molar-refractivity contribution in [1.82, 2.24) is 16.1 Å². The Morgan fingerprint density at radius 2 is 1.52 bits per heavy atom. The average molecular weight is 357 g/mol. The summed E-state index contributed by atoms with van der Waals surface area (Å²) >= 11 is 0. The number of nitrogens with one attached hydrogen (secondary N) is 3. The van der Waals surface area contributed by atoms with Crippen LogP contribution in [0.15, 0.2) is 11.8 Å². The Morgan fingerprint density at radius 1 is 1.00 bits per heavy atom. The predicted octanol–water partition coefficient (Wildman–Crippen LogP) is 2.60. The lowest BCUT2D eigenvalue weighted by molar-refractivity contribution is 0.0432. The van der Waals surface area contributed by atoms with Crippen molar-refractivity contribution in [3.63, 3.8) is 0 Å². The van der Waals surface area contributed by atoms with Crippen molar-refractivity contribution >= 4 is 12.2 Å². The Kier molecular flexibility index (Phi) is 7.10. The quantitative estimate of drug-likeness (QED) is 0.669. The molecule has 2 atom stereocenters. The lowest BCUT2D eigenvalue weighted by Crippen LogP contribution is -2.54. The van der Waals surface area contributed by atoms with Gasteiger partial charge >= 0.3 is 12.2 Å². The molecular formula is C17H31N3O5. The molecule has 25 heavy (non-hydrogen) atoms. The molecule has 0 spiro atoms. The van der Waals surface area contributed by atoms with Gasteiger partial charge in [0.15, 0.2) is 0 Å². The maximum Gasteiger partial charge on any atom is 0.408 e. The normalized spacial score (nSPS) is 21.0. The molecule has 0 fully saturated rings. The van der Waals surface area contributed by atoms with Crippen LogP contribution in [0.3, 0.4) is 0 Å². The predicted molar refractivity (Wildman–Crippen MR) is 93.8 cm³/mol. The van der Waals surface area contributed by atoms with Crippen molar-refractivity contribution in [2.45, 2.75) is 77.7 Å². The molecule has 0 bridgehead atoms. The molecule has 0 aromatic carbocycles. The SMILES string of the molecule is CONC1=C[C@H](NC(=O)OC(C)(C)C)[C@H](NC(=O)OC(C)(C)C)CC1. The van der Waals surface area contributed by atoms with Crippen LogP contribution in [0.1, 0.15) is 54.4 Å². The van der Waals surface area contributed by atoms with Crippen molar-refractivity contribution in [1.29, 1.82) is 0 Å². The Morgan fingerprint density at radius 3 is 2.00 bits per heavy atom. The third kappa shape index (κ3) is 8.62. The molecule has 144 valence electrons. The fourth-order valence-corrected chi connectivity index (χ4v) is 2.33. The minimum atomic E-state index is -0.607. The molecule has 0 aliphatic heterocycles. The standard InChI is InChI=1S/C17H31N3O5/c1-16(2,3)24-14(21)18-12-9-8-11(20-23-7)10-13(12)19-15(22)25-17(4,5)6/h10,12-13,20H,8-9H2,1-7H3,(H,18,21)(H,19,22)/t12-,13+/m1/s1. The highest BCUT2D eigenvalue weighted by Crippen LogP contribution is 2.19. The number of ether oxygens (including phenoxy) is 2. The maximum atomic E-state index is 12.1. The van der Waals surface area contributed by atoms with Crippen LogP contribution in [0.2, 0.25) is 0 Å². The number of rotatable bonds is 4. The zero-order valence-electron chi connectivity index (χ0n) is 16.2. The number of hydroxylamine groups is 1. The van der Waals surface area contributed by atoms with E-state index >= 15 is 0 Å². The van der Waals surface area contributed by atoms with Crippen molar-refractivity contribution in [3.05, 3.63) is 11.8 Å². The average Bonchev–Trinajstić information content (AvgIpc) is 2.37. The van der Waals surface area contributed by atoms with Gasteiger partial charge in [-0.2, -0.15) is 0 Å². The summed E-state index contributed by atoms with van der Waals surface area (Å²) in [6.45, 7) is 10.8. The van der Waals surface area contributed by atoms with E-state index in [2.05, 4.69) is 16.1 Å². The minimum Gasteiger partial charge on any atom is -0.444 e. The zero-order chi connectivity index (χ0) is 19.3. The van der Waals surface area contributed by atoms with Crippen LogP contribution in [0.5, 0.6) is 0 Å². The van der Waals surface area contributed by atoms with Gasteiger partial charge in [-0.05, 0) is 60.5 Å². The number of alkyl carbamates (subject to hydrolysis) is 2. The van der Waals surface area contributed by atoms with Crippen LogP contribution in [0.25, 0.3) is 0 Å². The molecule has 0 heterocycles. The van der Waals surface area contributed by atoms with Gasteiger partial charge in [-0.1, -0.05) is 0 Å². The third-order valence-corrected chi connectivity index (χ3v) is 3.16. The smallest absolute Gasteiger partial charge is 0.408 e. The number of carbonyl (C=O) groups is 2. The molecule has 0 saturated heterocycles. The van der Waals surface area contributed by atoms with Gasteiger partial charge in [0.25, 0.3) is 0 Å². The van der Waals surface area contributed by atoms with Gasteiger partial charge in [0, 0.05) is 5.70 Å². The molecule has 1 aliphatic rings. The van der Waals surface area contributed by atoms with Gasteiger partial charge in [-0.3, -0.25) is 10.3 Å². The fourth-order valence-electron chi connectivity index (χ4n) is 2.33. The zero-order valence-corrected chi connectivity index (χ0v) is 16.2. The Bertz CT molecular complexity index is 505. The highest BCUT2D eigenvalue weighted by Gasteiger charge is 2.30. The largest absolute Gasteiger partial charge is 0.444 e. The molecular weight excluding hydrogens is 326 g/mol. The summed E-state index contributed by atoms with van der Waals surface area (Å²) in [5.41, 5.74) is 2.40. The van der Waals surface area contributed by atoms with Crippen LogP contribution in [0, 0.1) is 0 Å². The highest BCUT2D eigenvalue weighted by atomic mass is 16.6. The Balaban J connectivity index is 2.80. The highest BCUT2D eigenvalue weighted by molar-refractivity contribution is 5.70. The first kappa shape index (κ1) is 21.1. The lowest BCUT2D eigenvalue weighted by Gasteiger charge is -2.32. The van der Waals surface area contributed by atoms with E-state index in [0.29, 0.717) is 12.8 Å². The van der Waals surface area contributed by atoms with Gasteiger partial charge in [0.1, 0.15) is 11.2 Å². The van der Waals surface area contributed by atoms with Crippen molar-refractivity contribution in [3.8, 4) is 0 Å². The van der Waals surface area contributed by atoms with Crippen LogP contribution in [-0.4, -0.2) is 42.6 Å².